The number of piperazine rings is 1. The van der Waals surface area contributed by atoms with Crippen LogP contribution in [0.4, 0.5) is 4.79 Å². The van der Waals surface area contributed by atoms with Crippen LogP contribution in [-0.2, 0) is 4.79 Å². The third-order valence-electron chi connectivity index (χ3n) is 4.47. The number of hydrogen-bond donors (Lipinski definition) is 1. The minimum Gasteiger partial charge on any atom is -0.481 e. The lowest BCUT2D eigenvalue weighted by Gasteiger charge is -2.41. The average molecular weight is 283 g/mol. The van der Waals surface area contributed by atoms with Crippen LogP contribution in [0.1, 0.15) is 33.1 Å². The number of rotatable bonds is 3. The molecule has 0 radical (unpaired) electrons. The van der Waals surface area contributed by atoms with Crippen LogP contribution in [0.5, 0.6) is 0 Å². The van der Waals surface area contributed by atoms with Crippen LogP contribution >= 0.6 is 0 Å². The van der Waals surface area contributed by atoms with Gasteiger partial charge in [-0.1, -0.05) is 6.92 Å². The summed E-state index contributed by atoms with van der Waals surface area (Å²) in [5.74, 6) is -0.820. The first-order valence-corrected chi connectivity index (χ1v) is 7.54. The van der Waals surface area contributed by atoms with Gasteiger partial charge in [0, 0.05) is 38.3 Å². The van der Waals surface area contributed by atoms with Gasteiger partial charge in [-0.2, -0.15) is 0 Å². The Morgan fingerprint density at radius 2 is 2.00 bits per heavy atom. The summed E-state index contributed by atoms with van der Waals surface area (Å²) < 4.78 is 0. The van der Waals surface area contributed by atoms with E-state index in [0.717, 1.165) is 39.0 Å². The van der Waals surface area contributed by atoms with Gasteiger partial charge in [-0.15, -0.1) is 0 Å². The molecule has 20 heavy (non-hydrogen) atoms. The van der Waals surface area contributed by atoms with E-state index in [0.29, 0.717) is 12.6 Å². The van der Waals surface area contributed by atoms with E-state index >= 15 is 0 Å². The van der Waals surface area contributed by atoms with E-state index in [4.69, 9.17) is 5.11 Å². The van der Waals surface area contributed by atoms with E-state index in [9.17, 15) is 9.59 Å². The molecule has 2 fully saturated rings. The maximum atomic E-state index is 12.6. The van der Waals surface area contributed by atoms with Crippen molar-refractivity contribution in [3.63, 3.8) is 0 Å². The SMILES string of the molecule is CCN1CCN(C(=O)N2CCCC2CC(=O)O)CC1C. The highest BCUT2D eigenvalue weighted by Gasteiger charge is 2.35. The minimum absolute atomic E-state index is 0.0244. The highest BCUT2D eigenvalue weighted by molar-refractivity contribution is 5.76. The number of carboxylic acid groups (broad SMARTS) is 1. The number of carbonyl (C=O) groups excluding carboxylic acids is 1. The van der Waals surface area contributed by atoms with Crippen molar-refractivity contribution in [1.82, 2.24) is 14.7 Å². The first-order valence-electron chi connectivity index (χ1n) is 7.54. The monoisotopic (exact) mass is 283 g/mol. The van der Waals surface area contributed by atoms with Gasteiger partial charge >= 0.3 is 12.0 Å². The molecule has 2 atom stereocenters. The standard InChI is InChI=1S/C14H25N3O3/c1-3-15-7-8-16(10-11(15)2)14(20)17-6-4-5-12(17)9-13(18)19/h11-12H,3-10H2,1-2H3,(H,18,19). The van der Waals surface area contributed by atoms with Gasteiger partial charge in [0.15, 0.2) is 0 Å². The largest absolute Gasteiger partial charge is 0.481 e. The van der Waals surface area contributed by atoms with Crippen molar-refractivity contribution in [1.29, 1.82) is 0 Å². The van der Waals surface area contributed by atoms with Gasteiger partial charge in [0.1, 0.15) is 0 Å². The molecule has 2 unspecified atom stereocenters. The average Bonchev–Trinajstić information content (AvgIpc) is 2.85. The van der Waals surface area contributed by atoms with Gasteiger partial charge in [0.05, 0.1) is 6.42 Å². The summed E-state index contributed by atoms with van der Waals surface area (Å²) in [6.07, 6.45) is 1.78. The Hall–Kier alpha value is -1.30. The first kappa shape index (κ1) is 15.1. The van der Waals surface area contributed by atoms with Gasteiger partial charge in [-0.25, -0.2) is 4.79 Å². The molecule has 0 spiro atoms. The zero-order valence-corrected chi connectivity index (χ0v) is 12.4. The van der Waals surface area contributed by atoms with E-state index in [1.165, 1.54) is 0 Å². The highest BCUT2D eigenvalue weighted by Crippen LogP contribution is 2.23. The third kappa shape index (κ3) is 3.23. The minimum atomic E-state index is -0.820. The van der Waals surface area contributed by atoms with Crippen LogP contribution in [0.3, 0.4) is 0 Å². The number of hydrogen-bond acceptors (Lipinski definition) is 3. The molecule has 1 N–H and O–H groups in total. The molecule has 0 bridgehead atoms. The highest BCUT2D eigenvalue weighted by atomic mass is 16.4. The summed E-state index contributed by atoms with van der Waals surface area (Å²) in [5, 5.41) is 8.93. The Labute approximate surface area is 120 Å². The zero-order chi connectivity index (χ0) is 14.7. The second-order valence-electron chi connectivity index (χ2n) is 5.79. The van der Waals surface area contributed by atoms with Crippen molar-refractivity contribution >= 4 is 12.0 Å². The second-order valence-corrected chi connectivity index (χ2v) is 5.79. The van der Waals surface area contributed by atoms with Crippen LogP contribution in [0.15, 0.2) is 0 Å². The molecule has 2 rings (SSSR count). The fourth-order valence-electron chi connectivity index (χ4n) is 3.32. The predicted molar refractivity (Wildman–Crippen MR) is 75.7 cm³/mol. The lowest BCUT2D eigenvalue weighted by Crippen LogP contribution is -2.57. The number of urea groups is 1. The van der Waals surface area contributed by atoms with E-state index in [1.807, 2.05) is 4.90 Å². The van der Waals surface area contributed by atoms with Gasteiger partial charge in [-0.3, -0.25) is 9.69 Å². The maximum absolute atomic E-state index is 12.6. The molecule has 6 heteroatoms. The molecule has 2 aliphatic rings. The molecular formula is C14H25N3O3. The quantitative estimate of drug-likeness (QED) is 0.841. The van der Waals surface area contributed by atoms with Crippen LogP contribution in [0, 0.1) is 0 Å². The van der Waals surface area contributed by atoms with Crippen molar-refractivity contribution in [2.24, 2.45) is 0 Å². The summed E-state index contributed by atoms with van der Waals surface area (Å²) in [4.78, 5) is 29.5. The third-order valence-corrected chi connectivity index (χ3v) is 4.47. The molecule has 2 aliphatic heterocycles. The molecule has 2 saturated heterocycles. The van der Waals surface area contributed by atoms with Gasteiger partial charge in [0.25, 0.3) is 0 Å². The number of carboxylic acids is 1. The summed E-state index contributed by atoms with van der Waals surface area (Å²) >= 11 is 0. The smallest absolute Gasteiger partial charge is 0.320 e. The Bertz CT molecular complexity index is 375. The van der Waals surface area contributed by atoms with Crippen molar-refractivity contribution in [2.45, 2.75) is 45.2 Å². The van der Waals surface area contributed by atoms with Crippen molar-refractivity contribution in [3.8, 4) is 0 Å². The van der Waals surface area contributed by atoms with Crippen LogP contribution in [-0.4, -0.2) is 76.6 Å². The molecule has 0 aliphatic carbocycles. The van der Waals surface area contributed by atoms with Gasteiger partial charge in [-0.05, 0) is 26.3 Å². The summed E-state index contributed by atoms with van der Waals surface area (Å²) in [5.41, 5.74) is 0. The molecule has 0 aromatic heterocycles. The zero-order valence-electron chi connectivity index (χ0n) is 12.4. The lowest BCUT2D eigenvalue weighted by atomic mass is 10.1. The number of carbonyl (C=O) groups is 2. The van der Waals surface area contributed by atoms with Crippen molar-refractivity contribution in [2.75, 3.05) is 32.7 Å². The molecule has 0 aromatic rings. The van der Waals surface area contributed by atoms with Gasteiger partial charge < -0.3 is 14.9 Å². The summed E-state index contributed by atoms with van der Waals surface area (Å²) in [7, 11) is 0. The molecule has 0 aromatic carbocycles. The van der Waals surface area contributed by atoms with E-state index in [-0.39, 0.29) is 18.5 Å². The Morgan fingerprint density at radius 1 is 1.25 bits per heavy atom. The fourth-order valence-corrected chi connectivity index (χ4v) is 3.32. The van der Waals surface area contributed by atoms with E-state index in [1.54, 1.807) is 4.90 Å². The number of nitrogens with zero attached hydrogens (tertiary/aromatic N) is 3. The van der Waals surface area contributed by atoms with Crippen LogP contribution in [0.25, 0.3) is 0 Å². The molecule has 0 saturated carbocycles. The number of amides is 2. The number of likely N-dealkylation sites (N-methyl/N-ethyl adjacent to an activating group) is 1. The predicted octanol–water partition coefficient (Wildman–Crippen LogP) is 1.07. The fraction of sp³-hybridized carbons (Fsp3) is 0.857. The van der Waals surface area contributed by atoms with Crippen LogP contribution < -0.4 is 0 Å². The Kier molecular flexibility index (Phi) is 4.86. The molecular weight excluding hydrogens is 258 g/mol. The molecule has 114 valence electrons. The summed E-state index contributed by atoms with van der Waals surface area (Å²) in [6.45, 7) is 8.36. The van der Waals surface area contributed by atoms with Crippen LogP contribution in [0.2, 0.25) is 0 Å². The maximum Gasteiger partial charge on any atom is 0.320 e. The lowest BCUT2D eigenvalue weighted by molar-refractivity contribution is -0.138. The van der Waals surface area contributed by atoms with E-state index < -0.39 is 5.97 Å². The van der Waals surface area contributed by atoms with Crippen molar-refractivity contribution < 1.29 is 14.7 Å². The molecule has 2 amide bonds. The molecule has 6 nitrogen and oxygen atoms in total. The topological polar surface area (TPSA) is 64.1 Å². The number of aliphatic carboxylic acids is 1. The van der Waals surface area contributed by atoms with Gasteiger partial charge in [0.2, 0.25) is 0 Å². The summed E-state index contributed by atoms with van der Waals surface area (Å²) in [6, 6.07) is 0.272. The Morgan fingerprint density at radius 3 is 2.60 bits per heavy atom. The van der Waals surface area contributed by atoms with Crippen molar-refractivity contribution in [3.05, 3.63) is 0 Å². The number of likely N-dealkylation sites (tertiary alicyclic amines) is 1. The first-order chi connectivity index (χ1) is 9.52. The molecule has 2 heterocycles. The second kappa shape index (κ2) is 6.43. The van der Waals surface area contributed by atoms with E-state index in [2.05, 4.69) is 18.7 Å². The normalized spacial score (nSPS) is 27.9. The Balaban J connectivity index is 1.95.